The monoisotopic (exact) mass is 450 g/mol. The molecule has 0 unspecified atom stereocenters. The normalized spacial score (nSPS) is 10.2. The third-order valence-corrected chi connectivity index (χ3v) is 4.63. The van der Waals surface area contributed by atoms with Crippen molar-refractivity contribution in [3.8, 4) is 5.75 Å². The van der Waals surface area contributed by atoms with Crippen molar-refractivity contribution >= 4 is 40.6 Å². The van der Waals surface area contributed by atoms with E-state index in [1.165, 1.54) is 36.5 Å². The topological polar surface area (TPSA) is 108 Å². The minimum atomic E-state index is -0.461. The van der Waals surface area contributed by atoms with Crippen LogP contribution in [0, 0.1) is 12.7 Å². The van der Waals surface area contributed by atoms with E-state index >= 15 is 0 Å². The Labute approximate surface area is 190 Å². The molecule has 1 heterocycles. The number of carbonyl (C=O) groups excluding carboxylic acids is 2. The van der Waals surface area contributed by atoms with Crippen molar-refractivity contribution in [2.75, 3.05) is 35.0 Å². The summed E-state index contributed by atoms with van der Waals surface area (Å²) < 4.78 is 18.8. The van der Waals surface area contributed by atoms with Gasteiger partial charge < -0.3 is 20.7 Å². The number of aromatic nitrogens is 2. The quantitative estimate of drug-likeness (QED) is 0.459. The summed E-state index contributed by atoms with van der Waals surface area (Å²) in [7, 11) is 3.06. The zero-order chi connectivity index (χ0) is 24.0. The van der Waals surface area contributed by atoms with E-state index in [0.29, 0.717) is 40.0 Å². The smallest absolute Gasteiger partial charge is 0.327 e. The van der Waals surface area contributed by atoms with Crippen LogP contribution in [-0.4, -0.2) is 36.1 Å². The van der Waals surface area contributed by atoms with Gasteiger partial charge in [0.25, 0.3) is 0 Å². The highest BCUT2D eigenvalue weighted by atomic mass is 19.1. The van der Waals surface area contributed by atoms with Crippen LogP contribution in [0.3, 0.4) is 0 Å². The molecule has 1 aromatic heterocycles. The zero-order valence-electron chi connectivity index (χ0n) is 18.3. The number of urea groups is 1. The first-order valence-electron chi connectivity index (χ1n) is 9.82. The van der Waals surface area contributed by atoms with E-state index in [1.807, 2.05) is 0 Å². The number of amides is 3. The lowest BCUT2D eigenvalue weighted by Crippen LogP contribution is -2.31. The van der Waals surface area contributed by atoms with Gasteiger partial charge in [0.1, 0.15) is 29.5 Å². The fourth-order valence-corrected chi connectivity index (χ4v) is 2.85. The van der Waals surface area contributed by atoms with Gasteiger partial charge in [0.15, 0.2) is 0 Å². The van der Waals surface area contributed by atoms with Gasteiger partial charge in [-0.3, -0.25) is 9.69 Å². The number of rotatable bonds is 7. The molecule has 3 amide bonds. The Hall–Kier alpha value is -4.47. The van der Waals surface area contributed by atoms with Gasteiger partial charge in [-0.1, -0.05) is 6.58 Å². The maximum atomic E-state index is 13.5. The van der Waals surface area contributed by atoms with Gasteiger partial charge in [-0.25, -0.2) is 19.2 Å². The number of nitrogens with one attached hydrogen (secondary N) is 3. The third-order valence-electron chi connectivity index (χ3n) is 4.63. The first-order chi connectivity index (χ1) is 15.8. The number of benzene rings is 2. The highest BCUT2D eigenvalue weighted by Gasteiger charge is 2.15. The summed E-state index contributed by atoms with van der Waals surface area (Å²) >= 11 is 0. The summed E-state index contributed by atoms with van der Waals surface area (Å²) in [5, 5.41) is 8.47. The van der Waals surface area contributed by atoms with Crippen LogP contribution in [0.5, 0.6) is 5.75 Å². The average Bonchev–Trinajstić information content (AvgIpc) is 2.81. The fourth-order valence-electron chi connectivity index (χ4n) is 2.85. The summed E-state index contributed by atoms with van der Waals surface area (Å²) in [5.41, 5.74) is 1.95. The maximum Gasteiger partial charge on any atom is 0.327 e. The van der Waals surface area contributed by atoms with Gasteiger partial charge in [0.05, 0.1) is 12.8 Å². The molecule has 0 radical (unpaired) electrons. The Morgan fingerprint density at radius 1 is 1.09 bits per heavy atom. The van der Waals surface area contributed by atoms with Crippen LogP contribution in [0.1, 0.15) is 5.56 Å². The first-order valence-corrected chi connectivity index (χ1v) is 9.82. The van der Waals surface area contributed by atoms with Gasteiger partial charge in [0.2, 0.25) is 5.91 Å². The van der Waals surface area contributed by atoms with E-state index in [0.717, 1.165) is 0 Å². The van der Waals surface area contributed by atoms with E-state index in [-0.39, 0.29) is 11.7 Å². The van der Waals surface area contributed by atoms with Gasteiger partial charge >= 0.3 is 6.03 Å². The molecule has 3 rings (SSSR count). The van der Waals surface area contributed by atoms with Gasteiger partial charge in [0, 0.05) is 24.5 Å². The number of methoxy groups -OCH3 is 1. The fraction of sp³-hybridized carbons (Fsp3) is 0.130. The van der Waals surface area contributed by atoms with Gasteiger partial charge in [-0.05, 0) is 55.0 Å². The molecule has 0 spiro atoms. The molecule has 0 atom stereocenters. The Morgan fingerprint density at radius 3 is 2.52 bits per heavy atom. The number of nitrogens with zero attached hydrogens (tertiary/aromatic N) is 3. The van der Waals surface area contributed by atoms with Gasteiger partial charge in [-0.15, -0.1) is 0 Å². The summed E-state index contributed by atoms with van der Waals surface area (Å²) in [5.74, 6) is 0.530. The lowest BCUT2D eigenvalue weighted by Gasteiger charge is -2.18. The van der Waals surface area contributed by atoms with E-state index in [1.54, 1.807) is 44.3 Å². The minimum Gasteiger partial charge on any atom is -0.495 e. The highest BCUT2D eigenvalue weighted by molar-refractivity contribution is 6.01. The number of carbonyl (C=O) groups is 2. The summed E-state index contributed by atoms with van der Waals surface area (Å²) in [4.78, 5) is 33.8. The van der Waals surface area contributed by atoms with Crippen LogP contribution in [0.25, 0.3) is 0 Å². The number of ether oxygens (including phenoxy) is 1. The Morgan fingerprint density at radius 2 is 1.82 bits per heavy atom. The van der Waals surface area contributed by atoms with E-state index < -0.39 is 6.03 Å². The Bertz CT molecular complexity index is 1200. The van der Waals surface area contributed by atoms with Crippen LogP contribution >= 0.6 is 0 Å². The van der Waals surface area contributed by atoms with Crippen molar-refractivity contribution in [3.05, 3.63) is 72.8 Å². The number of aryl methyl sites for hydroxylation is 1. The second-order valence-electron chi connectivity index (χ2n) is 6.95. The van der Waals surface area contributed by atoms with Crippen molar-refractivity contribution in [2.24, 2.45) is 0 Å². The molecule has 0 saturated carbocycles. The SMILES string of the molecule is C=CC(=O)Nc1ccc(OC)c(Nc2cc(N(C)C(=O)Nc3ccc(F)c(C)c3)ncn2)c1. The molecule has 0 aliphatic rings. The highest BCUT2D eigenvalue weighted by Crippen LogP contribution is 2.30. The van der Waals surface area contributed by atoms with Crippen molar-refractivity contribution in [1.29, 1.82) is 0 Å². The minimum absolute atomic E-state index is 0.318. The zero-order valence-corrected chi connectivity index (χ0v) is 18.3. The van der Waals surface area contributed by atoms with Crippen molar-refractivity contribution in [1.82, 2.24) is 9.97 Å². The second kappa shape index (κ2) is 10.2. The standard InChI is InChI=1S/C23H23FN6O3/c1-5-22(31)27-16-7-9-19(33-4)18(11-16)29-20-12-21(26-13-25-20)30(3)23(32)28-15-6-8-17(24)14(2)10-15/h5-13H,1H2,2-4H3,(H,27,31)(H,28,32)(H,25,26,29). The van der Waals surface area contributed by atoms with Crippen molar-refractivity contribution in [2.45, 2.75) is 6.92 Å². The number of anilines is 5. The molecule has 3 N–H and O–H groups in total. The maximum absolute atomic E-state index is 13.5. The molecule has 0 aliphatic carbocycles. The predicted molar refractivity (Wildman–Crippen MR) is 126 cm³/mol. The molecule has 3 aromatic rings. The molecule has 9 nitrogen and oxygen atoms in total. The molecule has 0 aliphatic heterocycles. The molecule has 0 bridgehead atoms. The molecule has 10 heteroatoms. The molecule has 2 aromatic carbocycles. The molecule has 0 saturated heterocycles. The predicted octanol–water partition coefficient (Wildman–Crippen LogP) is 4.47. The summed E-state index contributed by atoms with van der Waals surface area (Å²) in [6.45, 7) is 5.05. The molecule has 33 heavy (non-hydrogen) atoms. The lowest BCUT2D eigenvalue weighted by molar-refractivity contribution is -0.111. The number of hydrogen-bond donors (Lipinski definition) is 3. The molecular formula is C23H23FN6O3. The third kappa shape index (κ3) is 5.82. The van der Waals surface area contributed by atoms with Crippen molar-refractivity contribution in [3.63, 3.8) is 0 Å². The van der Waals surface area contributed by atoms with Crippen molar-refractivity contribution < 1.29 is 18.7 Å². The van der Waals surface area contributed by atoms with E-state index in [4.69, 9.17) is 4.74 Å². The Kier molecular flexibility index (Phi) is 7.19. The average molecular weight is 450 g/mol. The number of hydrogen-bond acceptors (Lipinski definition) is 6. The van der Waals surface area contributed by atoms with Crippen LogP contribution in [0.2, 0.25) is 0 Å². The second-order valence-corrected chi connectivity index (χ2v) is 6.95. The Balaban J connectivity index is 1.78. The largest absolute Gasteiger partial charge is 0.495 e. The molecular weight excluding hydrogens is 427 g/mol. The molecule has 170 valence electrons. The van der Waals surface area contributed by atoms with E-state index in [2.05, 4.69) is 32.5 Å². The van der Waals surface area contributed by atoms with Crippen LogP contribution in [0.4, 0.5) is 37.9 Å². The number of halogens is 1. The van der Waals surface area contributed by atoms with E-state index in [9.17, 15) is 14.0 Å². The van der Waals surface area contributed by atoms with Crippen LogP contribution < -0.4 is 25.6 Å². The van der Waals surface area contributed by atoms with Crippen LogP contribution in [0.15, 0.2) is 61.4 Å². The summed E-state index contributed by atoms with van der Waals surface area (Å²) in [6.07, 6.45) is 2.47. The molecule has 0 fully saturated rings. The lowest BCUT2D eigenvalue weighted by atomic mass is 10.2. The van der Waals surface area contributed by atoms with Crippen LogP contribution in [-0.2, 0) is 4.79 Å². The first kappa shape index (κ1) is 23.2. The summed E-state index contributed by atoms with van der Waals surface area (Å²) in [6, 6.07) is 10.5. The van der Waals surface area contributed by atoms with Gasteiger partial charge in [-0.2, -0.15) is 0 Å².